The van der Waals surface area contributed by atoms with E-state index in [2.05, 4.69) is 27.4 Å². The van der Waals surface area contributed by atoms with Crippen LogP contribution in [0.5, 0.6) is 0 Å². The highest BCUT2D eigenvalue weighted by Gasteiger charge is 2.26. The molecule has 0 saturated heterocycles. The lowest BCUT2D eigenvalue weighted by Gasteiger charge is -2.22. The fourth-order valence-corrected chi connectivity index (χ4v) is 4.42. The van der Waals surface area contributed by atoms with Crippen LogP contribution >= 0.6 is 11.8 Å². The predicted molar refractivity (Wildman–Crippen MR) is 148 cm³/mol. The zero-order chi connectivity index (χ0) is 27.7. The van der Waals surface area contributed by atoms with Crippen molar-refractivity contribution in [1.29, 1.82) is 0 Å². The molecule has 2 aromatic carbocycles. The Balaban J connectivity index is 1.71. The second kappa shape index (κ2) is 13.6. The van der Waals surface area contributed by atoms with Crippen LogP contribution in [0, 0.1) is 12.8 Å². The second-order valence-electron chi connectivity index (χ2n) is 8.94. The van der Waals surface area contributed by atoms with E-state index in [1.165, 1.54) is 11.8 Å². The van der Waals surface area contributed by atoms with E-state index in [1.54, 1.807) is 49.4 Å². The van der Waals surface area contributed by atoms with E-state index in [1.807, 2.05) is 37.5 Å². The first-order valence-corrected chi connectivity index (χ1v) is 13.3. The van der Waals surface area contributed by atoms with Gasteiger partial charge in [-0.3, -0.25) is 9.59 Å². The zero-order valence-corrected chi connectivity index (χ0v) is 22.9. The minimum absolute atomic E-state index is 0.0324. The van der Waals surface area contributed by atoms with Gasteiger partial charge >= 0.3 is 5.97 Å². The van der Waals surface area contributed by atoms with Gasteiger partial charge in [-0.15, -0.1) is 16.8 Å². The largest absolute Gasteiger partial charge is 0.462 e. The highest BCUT2D eigenvalue weighted by atomic mass is 32.2. The molecular formula is C28H33N5O4S. The Hall–Kier alpha value is -3.92. The molecular weight excluding hydrogens is 502 g/mol. The lowest BCUT2D eigenvalue weighted by molar-refractivity contribution is -0.113. The average Bonchev–Trinajstić information content (AvgIpc) is 3.28. The Morgan fingerprint density at radius 2 is 1.84 bits per heavy atom. The fraction of sp³-hybridized carbons (Fsp3) is 0.321. The summed E-state index contributed by atoms with van der Waals surface area (Å²) in [6, 6.07) is 13.6. The molecule has 0 aliphatic rings. The molecule has 3 aromatic rings. The summed E-state index contributed by atoms with van der Waals surface area (Å²) in [5, 5.41) is 15.1. The van der Waals surface area contributed by atoms with Crippen LogP contribution in [0.15, 0.2) is 66.3 Å². The summed E-state index contributed by atoms with van der Waals surface area (Å²) in [7, 11) is 0. The molecule has 1 atom stereocenters. The number of nitrogens with one attached hydrogen (secondary N) is 2. The molecule has 10 heteroatoms. The number of amides is 2. The summed E-state index contributed by atoms with van der Waals surface area (Å²) in [6.07, 6.45) is 1.72. The third-order valence-corrected chi connectivity index (χ3v) is 6.56. The van der Waals surface area contributed by atoms with Crippen LogP contribution < -0.4 is 10.6 Å². The van der Waals surface area contributed by atoms with Gasteiger partial charge in [-0.05, 0) is 50.1 Å². The number of benzene rings is 2. The van der Waals surface area contributed by atoms with Crippen LogP contribution in [-0.4, -0.2) is 44.9 Å². The number of carbonyl (C=O) groups is 3. The third-order valence-electron chi connectivity index (χ3n) is 5.59. The molecule has 200 valence electrons. The van der Waals surface area contributed by atoms with Gasteiger partial charge < -0.3 is 19.9 Å². The van der Waals surface area contributed by atoms with Crippen molar-refractivity contribution in [2.24, 2.45) is 5.92 Å². The zero-order valence-electron chi connectivity index (χ0n) is 22.1. The maximum Gasteiger partial charge on any atom is 0.338 e. The molecule has 0 spiro atoms. The van der Waals surface area contributed by atoms with Gasteiger partial charge in [0.05, 0.1) is 24.0 Å². The monoisotopic (exact) mass is 535 g/mol. The molecule has 0 unspecified atom stereocenters. The van der Waals surface area contributed by atoms with Crippen LogP contribution in [0.4, 0.5) is 5.69 Å². The van der Waals surface area contributed by atoms with Crippen molar-refractivity contribution in [2.75, 3.05) is 17.7 Å². The molecule has 0 aliphatic carbocycles. The molecule has 2 N–H and O–H groups in total. The van der Waals surface area contributed by atoms with E-state index in [9.17, 15) is 14.4 Å². The van der Waals surface area contributed by atoms with E-state index in [4.69, 9.17) is 4.74 Å². The van der Waals surface area contributed by atoms with Crippen molar-refractivity contribution in [1.82, 2.24) is 20.1 Å². The number of aryl methyl sites for hydroxylation is 1. The number of carbonyl (C=O) groups excluding carboxylic acids is 3. The molecule has 1 heterocycles. The van der Waals surface area contributed by atoms with Gasteiger partial charge in [-0.25, -0.2) is 4.79 Å². The van der Waals surface area contributed by atoms with E-state index in [-0.39, 0.29) is 30.1 Å². The molecule has 2 amide bonds. The molecule has 9 nitrogen and oxygen atoms in total. The first-order chi connectivity index (χ1) is 18.2. The Morgan fingerprint density at radius 3 is 2.50 bits per heavy atom. The number of anilines is 1. The van der Waals surface area contributed by atoms with Crippen molar-refractivity contribution in [2.45, 2.75) is 45.4 Å². The van der Waals surface area contributed by atoms with Crippen LogP contribution in [-0.2, 0) is 16.1 Å². The Bertz CT molecular complexity index is 1290. The van der Waals surface area contributed by atoms with Gasteiger partial charge in [0.15, 0.2) is 11.0 Å². The smallest absolute Gasteiger partial charge is 0.338 e. The first-order valence-electron chi connectivity index (χ1n) is 12.3. The van der Waals surface area contributed by atoms with Crippen molar-refractivity contribution in [3.8, 4) is 0 Å². The molecule has 38 heavy (non-hydrogen) atoms. The van der Waals surface area contributed by atoms with Crippen LogP contribution in [0.25, 0.3) is 0 Å². The number of aromatic nitrogens is 3. The minimum atomic E-state index is -0.447. The van der Waals surface area contributed by atoms with E-state index < -0.39 is 12.0 Å². The molecule has 0 radical (unpaired) electrons. The summed E-state index contributed by atoms with van der Waals surface area (Å²) in [6.45, 7) is 12.2. The van der Waals surface area contributed by atoms with E-state index in [0.29, 0.717) is 34.3 Å². The van der Waals surface area contributed by atoms with E-state index >= 15 is 0 Å². The normalized spacial score (nSPS) is 11.6. The summed E-state index contributed by atoms with van der Waals surface area (Å²) < 4.78 is 6.87. The van der Waals surface area contributed by atoms with Crippen LogP contribution in [0.2, 0.25) is 0 Å². The summed E-state index contributed by atoms with van der Waals surface area (Å²) in [5.41, 5.74) is 2.49. The summed E-state index contributed by atoms with van der Waals surface area (Å²) in [4.78, 5) is 37.6. The number of hydrogen-bond acceptors (Lipinski definition) is 7. The molecule has 3 rings (SSSR count). The van der Waals surface area contributed by atoms with Gasteiger partial charge in [-0.2, -0.15) is 0 Å². The SMILES string of the molecule is C=CCn1c(SCC(=O)Nc2cccc(C(=O)OCC)c2)nnc1[C@@H](NC(=O)c1ccc(C)cc1)C(C)C. The second-order valence-corrected chi connectivity index (χ2v) is 9.88. The van der Waals surface area contributed by atoms with Crippen molar-refractivity contribution in [3.63, 3.8) is 0 Å². The Morgan fingerprint density at radius 1 is 1.11 bits per heavy atom. The summed E-state index contributed by atoms with van der Waals surface area (Å²) in [5.74, 6) is -0.220. The van der Waals surface area contributed by atoms with Gasteiger partial charge in [0.1, 0.15) is 0 Å². The average molecular weight is 536 g/mol. The highest BCUT2D eigenvalue weighted by molar-refractivity contribution is 7.99. The maximum absolute atomic E-state index is 12.9. The lowest BCUT2D eigenvalue weighted by atomic mass is 10.0. The third kappa shape index (κ3) is 7.55. The van der Waals surface area contributed by atoms with Crippen LogP contribution in [0.3, 0.4) is 0 Å². The Labute approximate surface area is 227 Å². The topological polar surface area (TPSA) is 115 Å². The highest BCUT2D eigenvalue weighted by Crippen LogP contribution is 2.26. The fourth-order valence-electron chi connectivity index (χ4n) is 3.66. The van der Waals surface area contributed by atoms with Gasteiger partial charge in [0.2, 0.25) is 5.91 Å². The first kappa shape index (κ1) is 28.6. The molecule has 0 fully saturated rings. The number of rotatable bonds is 12. The van der Waals surface area contributed by atoms with Crippen LogP contribution in [0.1, 0.15) is 58.9 Å². The lowest BCUT2D eigenvalue weighted by Crippen LogP contribution is -2.33. The standard InChI is InChI=1S/C28H33N5O4S/c1-6-15-33-25(24(18(3)4)30-26(35)20-13-11-19(5)12-14-20)31-32-28(33)38-17-23(34)29-22-10-8-9-21(16-22)27(36)37-7-2/h6,8-14,16,18,24H,1,7,15,17H2,2-5H3,(H,29,34)(H,30,35)/t24-/m0/s1. The molecule has 0 bridgehead atoms. The minimum Gasteiger partial charge on any atom is -0.462 e. The van der Waals surface area contributed by atoms with Gasteiger partial charge in [0, 0.05) is 17.8 Å². The number of nitrogens with zero attached hydrogens (tertiary/aromatic N) is 3. The van der Waals surface area contributed by atoms with Crippen molar-refractivity contribution >= 4 is 35.2 Å². The number of hydrogen-bond donors (Lipinski definition) is 2. The van der Waals surface area contributed by atoms with Crippen molar-refractivity contribution < 1.29 is 19.1 Å². The van der Waals surface area contributed by atoms with Gasteiger partial charge in [-0.1, -0.05) is 55.4 Å². The van der Waals surface area contributed by atoms with Crippen molar-refractivity contribution in [3.05, 3.63) is 83.7 Å². The number of thioether (sulfide) groups is 1. The predicted octanol–water partition coefficient (Wildman–Crippen LogP) is 4.81. The molecule has 0 aliphatic heterocycles. The molecule has 1 aromatic heterocycles. The number of esters is 1. The quantitative estimate of drug-likeness (QED) is 0.194. The Kier molecular flexibility index (Phi) is 10.2. The van der Waals surface area contributed by atoms with E-state index in [0.717, 1.165) is 5.56 Å². The maximum atomic E-state index is 12.9. The molecule has 0 saturated carbocycles. The number of allylic oxidation sites excluding steroid dienone is 1. The summed E-state index contributed by atoms with van der Waals surface area (Å²) >= 11 is 1.22. The van der Waals surface area contributed by atoms with Gasteiger partial charge in [0.25, 0.3) is 5.91 Å². The number of ether oxygens (including phenoxy) is 1.